The van der Waals surface area contributed by atoms with E-state index >= 15 is 0 Å². The molecule has 2 aliphatic rings. The summed E-state index contributed by atoms with van der Waals surface area (Å²) in [7, 11) is 0.975. The minimum Gasteiger partial charge on any atom is -0.479 e. The molecule has 2 aliphatic heterocycles. The lowest BCUT2D eigenvalue weighted by Gasteiger charge is -2.39. The van der Waals surface area contributed by atoms with Gasteiger partial charge < -0.3 is 28.8 Å². The minimum atomic E-state index is -2.07. The van der Waals surface area contributed by atoms with Crippen molar-refractivity contribution in [2.24, 2.45) is 0 Å². The van der Waals surface area contributed by atoms with Gasteiger partial charge in [0.2, 0.25) is 11.8 Å². The second-order valence-corrected chi connectivity index (χ2v) is 17.9. The molecule has 0 spiro atoms. The van der Waals surface area contributed by atoms with Gasteiger partial charge in [0.15, 0.2) is 14.1 Å². The summed E-state index contributed by atoms with van der Waals surface area (Å²) < 4.78 is 17.7. The molecule has 5 rings (SSSR count). The smallest absolute Gasteiger partial charge is 0.329 e. The minimum absolute atomic E-state index is 0.0413. The Morgan fingerprint density at radius 3 is 2.73 bits per heavy atom. The molecule has 1 aromatic carbocycles. The van der Waals surface area contributed by atoms with Gasteiger partial charge in [0.25, 0.3) is 0 Å². The van der Waals surface area contributed by atoms with Gasteiger partial charge in [-0.15, -0.1) is 0 Å². The number of ether oxygens (including phenoxy) is 2. The quantitative estimate of drug-likeness (QED) is 0.233. The highest BCUT2D eigenvalue weighted by molar-refractivity contribution is 6.74. The van der Waals surface area contributed by atoms with E-state index in [0.717, 1.165) is 35.0 Å². The molecule has 1 N–H and O–H groups in total. The maximum Gasteiger partial charge on any atom is 0.329 e. The van der Waals surface area contributed by atoms with E-state index in [0.29, 0.717) is 61.0 Å². The molecule has 0 aliphatic carbocycles. The number of nitriles is 1. The molecule has 3 aromatic rings. The van der Waals surface area contributed by atoms with Gasteiger partial charge in [-0.05, 0) is 53.9 Å². The summed E-state index contributed by atoms with van der Waals surface area (Å²) in [6.45, 7) is 15.4. The molecule has 0 fully saturated rings. The van der Waals surface area contributed by atoms with Crippen molar-refractivity contribution in [3.63, 3.8) is 0 Å². The predicted octanol–water partition coefficient (Wildman–Crippen LogP) is 5.27. The van der Waals surface area contributed by atoms with Crippen LogP contribution in [0.2, 0.25) is 18.1 Å². The average Bonchev–Trinajstić information content (AvgIpc) is 3.31. The van der Waals surface area contributed by atoms with Crippen LogP contribution in [0.5, 0.6) is 5.88 Å². The number of aromatic nitrogens is 4. The van der Waals surface area contributed by atoms with E-state index in [-0.39, 0.29) is 5.04 Å². The first-order chi connectivity index (χ1) is 21.4. The third-order valence-electron chi connectivity index (χ3n) is 8.88. The average molecular weight is 625 g/mol. The lowest BCUT2D eigenvalue weighted by atomic mass is 9.83. The van der Waals surface area contributed by atoms with Gasteiger partial charge in [-0.1, -0.05) is 33.8 Å². The zero-order chi connectivity index (χ0) is 32.4. The van der Waals surface area contributed by atoms with Crippen molar-refractivity contribution in [1.82, 2.24) is 19.9 Å². The number of anilines is 3. The fraction of sp³-hybridized carbons (Fsp3) is 0.438. The number of rotatable bonds is 10. The molecule has 1 radical (unpaired) electrons. The number of benzene rings is 1. The summed E-state index contributed by atoms with van der Waals surface area (Å²) in [6, 6.07) is 8.00. The molecule has 0 amide bonds. The van der Waals surface area contributed by atoms with Crippen LogP contribution >= 0.6 is 0 Å². The first-order valence-electron chi connectivity index (χ1n) is 15.0. The Labute approximate surface area is 266 Å². The third kappa shape index (κ3) is 6.63. The lowest BCUT2D eigenvalue weighted by Crippen LogP contribution is -2.46. The molecule has 233 valence electrons. The molecule has 0 unspecified atom stereocenters. The van der Waals surface area contributed by atoms with Crippen LogP contribution in [-0.4, -0.2) is 75.3 Å². The van der Waals surface area contributed by atoms with E-state index < -0.39 is 13.7 Å². The van der Waals surface area contributed by atoms with Crippen molar-refractivity contribution in [2.45, 2.75) is 57.7 Å². The molecule has 0 bridgehead atoms. The summed E-state index contributed by atoms with van der Waals surface area (Å²) >= 11 is 0. The first-order valence-corrected chi connectivity index (χ1v) is 17.9. The topological polar surface area (TPSA) is 135 Å². The molecular weight excluding hydrogens is 585 g/mol. The molecule has 11 nitrogen and oxygen atoms in total. The maximum absolute atomic E-state index is 11.6. The fourth-order valence-corrected chi connectivity index (χ4v) is 6.36. The van der Waals surface area contributed by atoms with Crippen LogP contribution in [0.4, 0.5) is 17.3 Å². The number of methoxy groups -OCH3 is 1. The van der Waals surface area contributed by atoms with Crippen molar-refractivity contribution in [3.05, 3.63) is 53.6 Å². The van der Waals surface area contributed by atoms with E-state index in [4.69, 9.17) is 18.9 Å². The Balaban J connectivity index is 1.48. The van der Waals surface area contributed by atoms with Crippen molar-refractivity contribution in [2.75, 3.05) is 43.6 Å². The zero-order valence-corrected chi connectivity index (χ0v) is 28.0. The van der Waals surface area contributed by atoms with Crippen LogP contribution in [0.1, 0.15) is 51.1 Å². The van der Waals surface area contributed by atoms with Gasteiger partial charge in [-0.3, -0.25) is 0 Å². The third-order valence-corrected chi connectivity index (χ3v) is 13.4. The summed E-state index contributed by atoms with van der Waals surface area (Å²) in [5.41, 5.74) is 4.57. The molecule has 4 heterocycles. The molecule has 45 heavy (non-hydrogen) atoms. The van der Waals surface area contributed by atoms with Gasteiger partial charge in [-0.25, -0.2) is 15.0 Å². The lowest BCUT2D eigenvalue weighted by molar-refractivity contribution is 0.161. The highest BCUT2D eigenvalue weighted by atomic mass is 28.4. The van der Waals surface area contributed by atoms with Crippen molar-refractivity contribution >= 4 is 44.8 Å². The molecule has 2 aromatic heterocycles. The zero-order valence-electron chi connectivity index (χ0n) is 27.0. The first kappa shape index (κ1) is 32.3. The Morgan fingerprint density at radius 2 is 2.07 bits per heavy atom. The Kier molecular flexibility index (Phi) is 9.12. The van der Waals surface area contributed by atoms with Gasteiger partial charge in [0.1, 0.15) is 17.9 Å². The van der Waals surface area contributed by atoms with E-state index in [1.54, 1.807) is 31.6 Å². The number of nitrogens with zero attached hydrogens (tertiary/aromatic N) is 6. The second kappa shape index (κ2) is 12.7. The van der Waals surface area contributed by atoms with Gasteiger partial charge in [0, 0.05) is 36.0 Å². The van der Waals surface area contributed by atoms with Crippen LogP contribution in [0.15, 0.2) is 36.7 Å². The molecule has 13 heteroatoms. The van der Waals surface area contributed by atoms with Gasteiger partial charge in [-0.2, -0.15) is 10.2 Å². The van der Waals surface area contributed by atoms with Crippen molar-refractivity contribution < 1.29 is 18.7 Å². The van der Waals surface area contributed by atoms with Crippen LogP contribution in [-0.2, 0) is 19.4 Å². The number of nitrogens with one attached hydrogen (secondary N) is 1. The normalized spacial score (nSPS) is 18.1. The number of carbonyl (C=O) groups is 1. The summed E-state index contributed by atoms with van der Waals surface area (Å²) in [6.07, 6.45) is 6.78. The Hall–Kier alpha value is -4.12. The highest BCUT2D eigenvalue weighted by Crippen LogP contribution is 2.46. The van der Waals surface area contributed by atoms with Crippen LogP contribution in [0, 0.1) is 11.3 Å². The van der Waals surface area contributed by atoms with E-state index in [1.165, 1.54) is 7.41 Å². The standard InChI is InChI=1S/C32H39BN7O4Si/c1-31(2,3)45(6,7)44-19-32(4)18-40(33-20-41)27-23(16-34)14-22(15-24(27)32)25-8-11-35-30(37-25)38-26-17-36-28(39-29(26)42-5)21-9-12-43-13-10-21/h8-9,11,14-15,17,20H,10,12-13,18-19H2,1-7H3,(H,35,37,38)/t32-/m1/s1. The molecule has 0 saturated carbocycles. The van der Waals surface area contributed by atoms with Crippen LogP contribution in [0.3, 0.4) is 0 Å². The molecular formula is C32H39BN7O4Si. The van der Waals surface area contributed by atoms with E-state index in [1.807, 2.05) is 10.9 Å². The Bertz CT molecular complexity index is 1670. The van der Waals surface area contributed by atoms with Crippen LogP contribution < -0.4 is 14.9 Å². The predicted molar refractivity (Wildman–Crippen MR) is 178 cm³/mol. The number of fused-ring (bicyclic) bond motifs is 1. The number of hydrogen-bond acceptors (Lipinski definition) is 11. The van der Waals surface area contributed by atoms with Gasteiger partial charge >= 0.3 is 7.41 Å². The summed E-state index contributed by atoms with van der Waals surface area (Å²) in [5, 5.41) is 13.5. The molecule has 0 saturated heterocycles. The SMILES string of the molecule is COc1nc(C2=CCOCC2)ncc1Nc1nccc(-c2cc(C#N)c3c(c2)[C@@](C)(CO[Si](C)(C)C(C)(C)C)CN3[B]C=O)n1. The highest BCUT2D eigenvalue weighted by Gasteiger charge is 2.44. The van der Waals surface area contributed by atoms with Gasteiger partial charge in [0.05, 0.1) is 37.8 Å². The number of carbonyl (C=O) groups excluding carboxylic acids is 1. The van der Waals surface area contributed by atoms with Crippen LogP contribution in [0.25, 0.3) is 16.8 Å². The van der Waals surface area contributed by atoms with Crippen molar-refractivity contribution in [3.8, 4) is 23.2 Å². The largest absolute Gasteiger partial charge is 0.479 e. The maximum atomic E-state index is 11.6. The second-order valence-electron chi connectivity index (χ2n) is 13.1. The Morgan fingerprint density at radius 1 is 1.27 bits per heavy atom. The van der Waals surface area contributed by atoms with E-state index in [9.17, 15) is 10.1 Å². The molecule has 1 atom stereocenters. The monoisotopic (exact) mass is 624 g/mol. The van der Waals surface area contributed by atoms with Crippen molar-refractivity contribution in [1.29, 1.82) is 5.26 Å². The summed E-state index contributed by atoms with van der Waals surface area (Å²) in [5.74, 6) is 1.29. The summed E-state index contributed by atoms with van der Waals surface area (Å²) in [4.78, 5) is 31.8. The van der Waals surface area contributed by atoms with E-state index in [2.05, 4.69) is 73.2 Å². The fourth-order valence-electron chi connectivity index (χ4n) is 5.25. The number of hydrogen-bond donors (Lipinski definition) is 1.